The van der Waals surface area contributed by atoms with Crippen LogP contribution in [-0.4, -0.2) is 51.0 Å². The summed E-state index contributed by atoms with van der Waals surface area (Å²) in [6.07, 6.45) is 5.39. The van der Waals surface area contributed by atoms with Crippen LogP contribution in [0, 0.1) is 12.3 Å². The molecule has 1 aliphatic heterocycles. The van der Waals surface area contributed by atoms with Crippen molar-refractivity contribution in [1.29, 1.82) is 0 Å². The molecule has 1 saturated heterocycles. The second-order valence-corrected chi connectivity index (χ2v) is 8.56. The highest BCUT2D eigenvalue weighted by molar-refractivity contribution is 7.89. The van der Waals surface area contributed by atoms with E-state index in [1.165, 1.54) is 16.4 Å². The van der Waals surface area contributed by atoms with Crippen LogP contribution in [0.2, 0.25) is 0 Å². The quantitative estimate of drug-likeness (QED) is 0.709. The van der Waals surface area contributed by atoms with E-state index >= 15 is 0 Å². The van der Waals surface area contributed by atoms with Crippen molar-refractivity contribution in [2.45, 2.75) is 17.9 Å². The molecule has 29 heavy (non-hydrogen) atoms. The maximum atomic E-state index is 12.6. The van der Waals surface area contributed by atoms with Crippen molar-refractivity contribution in [2.75, 3.05) is 36.9 Å². The molecule has 1 aliphatic rings. The molecule has 1 fully saturated rings. The van der Waals surface area contributed by atoms with Crippen LogP contribution in [-0.2, 0) is 19.6 Å². The zero-order valence-corrected chi connectivity index (χ0v) is 16.9. The first-order valence-electron chi connectivity index (χ1n) is 9.22. The number of benzene rings is 2. The number of rotatable bonds is 6. The summed E-state index contributed by atoms with van der Waals surface area (Å²) in [4.78, 5) is 12.6. The summed E-state index contributed by atoms with van der Waals surface area (Å²) in [5, 5.41) is 5.87. The van der Waals surface area contributed by atoms with E-state index in [0.717, 1.165) is 11.3 Å². The van der Waals surface area contributed by atoms with Crippen LogP contribution < -0.4 is 10.6 Å². The molecule has 152 valence electrons. The third kappa shape index (κ3) is 5.15. The van der Waals surface area contributed by atoms with E-state index in [-0.39, 0.29) is 10.8 Å². The van der Waals surface area contributed by atoms with Gasteiger partial charge in [0.15, 0.2) is 0 Å². The Morgan fingerprint density at radius 2 is 1.83 bits per heavy atom. The van der Waals surface area contributed by atoms with Crippen LogP contribution in [0.25, 0.3) is 0 Å². The first-order valence-corrected chi connectivity index (χ1v) is 10.7. The number of amides is 1. The second kappa shape index (κ2) is 9.09. The summed E-state index contributed by atoms with van der Waals surface area (Å²) < 4.78 is 31.9. The minimum atomic E-state index is -3.56. The Kier molecular flexibility index (Phi) is 6.54. The van der Waals surface area contributed by atoms with Crippen LogP contribution in [0.5, 0.6) is 0 Å². The lowest BCUT2D eigenvalue weighted by molar-refractivity contribution is -0.116. The van der Waals surface area contributed by atoms with Gasteiger partial charge in [-0.1, -0.05) is 12.0 Å². The number of carbonyl (C=O) groups excluding carboxylic acids is 1. The van der Waals surface area contributed by atoms with Gasteiger partial charge in [0.1, 0.15) is 6.04 Å². The highest BCUT2D eigenvalue weighted by Crippen LogP contribution is 2.20. The van der Waals surface area contributed by atoms with Crippen LogP contribution >= 0.6 is 0 Å². The maximum absolute atomic E-state index is 12.6. The van der Waals surface area contributed by atoms with Gasteiger partial charge >= 0.3 is 0 Å². The Labute approximate surface area is 171 Å². The molecule has 0 aliphatic carbocycles. The number of hydrogen-bond acceptors (Lipinski definition) is 5. The lowest BCUT2D eigenvalue weighted by Crippen LogP contribution is -2.40. The molecule has 0 aromatic heterocycles. The van der Waals surface area contributed by atoms with Gasteiger partial charge in [0, 0.05) is 30.0 Å². The van der Waals surface area contributed by atoms with E-state index in [9.17, 15) is 13.2 Å². The molecule has 1 amide bonds. The third-order valence-electron chi connectivity index (χ3n) is 4.54. The van der Waals surface area contributed by atoms with Crippen LogP contribution in [0.4, 0.5) is 11.4 Å². The Morgan fingerprint density at radius 3 is 2.48 bits per heavy atom. The zero-order valence-electron chi connectivity index (χ0n) is 16.1. The molecule has 0 radical (unpaired) electrons. The zero-order chi connectivity index (χ0) is 20.9. The Morgan fingerprint density at radius 1 is 1.14 bits per heavy atom. The molecule has 8 heteroatoms. The number of carbonyl (C=O) groups is 1. The highest BCUT2D eigenvalue weighted by Gasteiger charge is 2.26. The van der Waals surface area contributed by atoms with Gasteiger partial charge in [-0.3, -0.25) is 4.79 Å². The average molecular weight is 413 g/mol. The Hall–Kier alpha value is -2.86. The van der Waals surface area contributed by atoms with Gasteiger partial charge in [-0.15, -0.1) is 6.42 Å². The van der Waals surface area contributed by atoms with Crippen molar-refractivity contribution in [1.82, 2.24) is 4.31 Å². The summed E-state index contributed by atoms with van der Waals surface area (Å²) >= 11 is 0. The molecule has 0 bridgehead atoms. The minimum absolute atomic E-state index is 0.190. The lowest BCUT2D eigenvalue weighted by Gasteiger charge is -2.26. The molecule has 2 N–H and O–H groups in total. The summed E-state index contributed by atoms with van der Waals surface area (Å²) in [5.41, 5.74) is 1.98. The standard InChI is InChI=1S/C21H23N3O4S/c1-3-17-5-4-6-19(15-17)22-16(2)21(25)23-18-7-9-20(10-8-18)29(26,27)24-11-13-28-14-12-24/h1,4-10,15-16,22H,11-14H2,2H3,(H,23,25)/t16-/m1/s1. The largest absolute Gasteiger partial charge is 0.379 e. The summed E-state index contributed by atoms with van der Waals surface area (Å²) in [7, 11) is -3.56. The average Bonchev–Trinajstić information content (AvgIpc) is 2.75. The monoisotopic (exact) mass is 413 g/mol. The highest BCUT2D eigenvalue weighted by atomic mass is 32.2. The lowest BCUT2D eigenvalue weighted by atomic mass is 10.2. The molecule has 7 nitrogen and oxygen atoms in total. The van der Waals surface area contributed by atoms with E-state index in [0.29, 0.717) is 32.0 Å². The fraction of sp³-hybridized carbons (Fsp3) is 0.286. The second-order valence-electron chi connectivity index (χ2n) is 6.62. The number of ether oxygens (including phenoxy) is 1. The molecule has 1 atom stereocenters. The summed E-state index contributed by atoms with van der Waals surface area (Å²) in [5.74, 6) is 2.30. The molecule has 0 saturated carbocycles. The number of terminal acetylenes is 1. The Bertz CT molecular complexity index is 1010. The smallest absolute Gasteiger partial charge is 0.246 e. The molecule has 2 aromatic carbocycles. The molecule has 0 unspecified atom stereocenters. The number of nitrogens with zero attached hydrogens (tertiary/aromatic N) is 1. The van der Waals surface area contributed by atoms with Gasteiger partial charge in [0.25, 0.3) is 0 Å². The summed E-state index contributed by atoms with van der Waals surface area (Å²) in [6.45, 7) is 3.19. The predicted molar refractivity (Wildman–Crippen MR) is 112 cm³/mol. The fourth-order valence-electron chi connectivity index (χ4n) is 2.91. The Balaban J connectivity index is 1.62. The maximum Gasteiger partial charge on any atom is 0.246 e. The van der Waals surface area contributed by atoms with Gasteiger partial charge in [-0.25, -0.2) is 8.42 Å². The number of anilines is 2. The minimum Gasteiger partial charge on any atom is -0.379 e. The van der Waals surface area contributed by atoms with E-state index < -0.39 is 16.1 Å². The van der Waals surface area contributed by atoms with Crippen molar-refractivity contribution < 1.29 is 17.9 Å². The third-order valence-corrected chi connectivity index (χ3v) is 6.45. The number of hydrogen-bond donors (Lipinski definition) is 2. The van der Waals surface area contributed by atoms with Crippen molar-refractivity contribution in [3.05, 3.63) is 54.1 Å². The molecule has 1 heterocycles. The molecular weight excluding hydrogens is 390 g/mol. The van der Waals surface area contributed by atoms with Gasteiger partial charge < -0.3 is 15.4 Å². The van der Waals surface area contributed by atoms with Crippen LogP contribution in [0.1, 0.15) is 12.5 Å². The van der Waals surface area contributed by atoms with Crippen molar-refractivity contribution in [3.63, 3.8) is 0 Å². The van der Waals surface area contributed by atoms with Crippen molar-refractivity contribution >= 4 is 27.3 Å². The first kappa shape index (κ1) is 20.9. The topological polar surface area (TPSA) is 87.7 Å². The van der Waals surface area contributed by atoms with E-state index in [2.05, 4.69) is 16.6 Å². The van der Waals surface area contributed by atoms with Crippen molar-refractivity contribution in [2.24, 2.45) is 0 Å². The first-order chi connectivity index (χ1) is 13.9. The van der Waals surface area contributed by atoms with Gasteiger partial charge in [-0.05, 0) is 49.4 Å². The summed E-state index contributed by atoms with van der Waals surface area (Å²) in [6, 6.07) is 12.9. The van der Waals surface area contributed by atoms with Gasteiger partial charge in [-0.2, -0.15) is 4.31 Å². The number of nitrogens with one attached hydrogen (secondary N) is 2. The van der Waals surface area contributed by atoms with Gasteiger partial charge in [0.2, 0.25) is 15.9 Å². The van der Waals surface area contributed by atoms with Crippen LogP contribution in [0.15, 0.2) is 53.4 Å². The predicted octanol–water partition coefficient (Wildman–Crippen LogP) is 2.13. The molecule has 3 rings (SSSR count). The van der Waals surface area contributed by atoms with E-state index in [1.807, 2.05) is 18.2 Å². The van der Waals surface area contributed by atoms with E-state index in [1.54, 1.807) is 25.1 Å². The van der Waals surface area contributed by atoms with Crippen LogP contribution in [0.3, 0.4) is 0 Å². The SMILES string of the molecule is C#Cc1cccc(N[C@H](C)C(=O)Nc2ccc(S(=O)(=O)N3CCOCC3)cc2)c1. The van der Waals surface area contributed by atoms with Crippen molar-refractivity contribution in [3.8, 4) is 12.3 Å². The molecule has 2 aromatic rings. The molecular formula is C21H23N3O4S. The molecule has 0 spiro atoms. The fourth-order valence-corrected chi connectivity index (χ4v) is 4.32. The number of morpholine rings is 1. The normalized spacial score (nSPS) is 15.9. The van der Waals surface area contributed by atoms with Gasteiger partial charge in [0.05, 0.1) is 18.1 Å². The number of sulfonamides is 1. The van der Waals surface area contributed by atoms with E-state index in [4.69, 9.17) is 11.2 Å².